The minimum atomic E-state index is -0.263. The number of anilines is 2. The van der Waals surface area contributed by atoms with E-state index in [-0.39, 0.29) is 5.91 Å². The van der Waals surface area contributed by atoms with Crippen LogP contribution in [-0.2, 0) is 0 Å². The zero-order chi connectivity index (χ0) is 16.2. The number of hydrogen-bond donors (Lipinski definition) is 2. The molecule has 6 heteroatoms. The third-order valence-corrected chi connectivity index (χ3v) is 4.89. The first-order valence-corrected chi connectivity index (χ1v) is 8.59. The SMILES string of the molecule is Cc1ccc(NC(=O)c2ccc(NC3CCCC3)nn2)cc1Br. The first-order chi connectivity index (χ1) is 11.1. The van der Waals surface area contributed by atoms with Crippen molar-refractivity contribution in [2.45, 2.75) is 38.6 Å². The highest BCUT2D eigenvalue weighted by Crippen LogP contribution is 2.22. The van der Waals surface area contributed by atoms with Gasteiger partial charge in [0.15, 0.2) is 5.69 Å². The number of nitrogens with one attached hydrogen (secondary N) is 2. The lowest BCUT2D eigenvalue weighted by molar-refractivity contribution is 0.102. The lowest BCUT2D eigenvalue weighted by Crippen LogP contribution is -2.18. The van der Waals surface area contributed by atoms with Gasteiger partial charge in [0.25, 0.3) is 5.91 Å². The van der Waals surface area contributed by atoms with Gasteiger partial charge in [-0.05, 0) is 49.6 Å². The quantitative estimate of drug-likeness (QED) is 0.843. The number of hydrogen-bond acceptors (Lipinski definition) is 4. The molecule has 1 fully saturated rings. The molecule has 1 saturated carbocycles. The molecule has 0 saturated heterocycles. The number of aromatic nitrogens is 2. The van der Waals surface area contributed by atoms with Gasteiger partial charge < -0.3 is 10.6 Å². The van der Waals surface area contributed by atoms with E-state index in [1.807, 2.05) is 31.2 Å². The molecule has 3 rings (SSSR count). The van der Waals surface area contributed by atoms with E-state index in [2.05, 4.69) is 36.8 Å². The van der Waals surface area contributed by atoms with Crippen molar-refractivity contribution in [3.63, 3.8) is 0 Å². The molecule has 2 N–H and O–H groups in total. The number of carbonyl (C=O) groups excluding carboxylic acids is 1. The van der Waals surface area contributed by atoms with Gasteiger partial charge in [-0.2, -0.15) is 0 Å². The summed E-state index contributed by atoms with van der Waals surface area (Å²) in [6.07, 6.45) is 4.87. The van der Waals surface area contributed by atoms with Crippen LogP contribution in [0, 0.1) is 6.92 Å². The Hall–Kier alpha value is -1.95. The second-order valence-corrected chi connectivity index (χ2v) is 6.70. The van der Waals surface area contributed by atoms with E-state index in [0.717, 1.165) is 21.5 Å². The van der Waals surface area contributed by atoms with Gasteiger partial charge in [0.05, 0.1) is 0 Å². The van der Waals surface area contributed by atoms with Gasteiger partial charge in [-0.25, -0.2) is 0 Å². The molecule has 0 spiro atoms. The van der Waals surface area contributed by atoms with E-state index in [0.29, 0.717) is 11.7 Å². The monoisotopic (exact) mass is 374 g/mol. The van der Waals surface area contributed by atoms with Crippen molar-refractivity contribution in [2.75, 3.05) is 10.6 Å². The highest BCUT2D eigenvalue weighted by Gasteiger charge is 2.15. The second-order valence-electron chi connectivity index (χ2n) is 5.85. The zero-order valence-electron chi connectivity index (χ0n) is 13.0. The summed E-state index contributed by atoms with van der Waals surface area (Å²) in [5.74, 6) is 0.465. The van der Waals surface area contributed by atoms with Gasteiger partial charge in [0.2, 0.25) is 0 Å². The molecule has 23 heavy (non-hydrogen) atoms. The smallest absolute Gasteiger partial charge is 0.276 e. The normalized spacial score (nSPS) is 14.7. The van der Waals surface area contributed by atoms with E-state index in [4.69, 9.17) is 0 Å². The topological polar surface area (TPSA) is 66.9 Å². The average molecular weight is 375 g/mol. The summed E-state index contributed by atoms with van der Waals surface area (Å²) in [6.45, 7) is 2.00. The minimum Gasteiger partial charge on any atom is -0.366 e. The molecule has 1 aromatic heterocycles. The number of benzene rings is 1. The van der Waals surface area contributed by atoms with E-state index in [1.165, 1.54) is 25.7 Å². The van der Waals surface area contributed by atoms with Crippen molar-refractivity contribution < 1.29 is 4.79 Å². The summed E-state index contributed by atoms with van der Waals surface area (Å²) in [7, 11) is 0. The van der Waals surface area contributed by atoms with Crippen LogP contribution in [0.2, 0.25) is 0 Å². The van der Waals surface area contributed by atoms with Crippen molar-refractivity contribution in [1.82, 2.24) is 10.2 Å². The molecule has 0 bridgehead atoms. The molecular formula is C17H19BrN4O. The van der Waals surface area contributed by atoms with E-state index >= 15 is 0 Å². The van der Waals surface area contributed by atoms with E-state index in [9.17, 15) is 4.79 Å². The molecule has 1 aliphatic rings. The predicted octanol–water partition coefficient (Wildman–Crippen LogP) is 4.15. The van der Waals surface area contributed by atoms with Gasteiger partial charge in [-0.1, -0.05) is 34.8 Å². The predicted molar refractivity (Wildman–Crippen MR) is 94.7 cm³/mol. The molecule has 1 amide bonds. The Labute approximate surface area is 144 Å². The van der Waals surface area contributed by atoms with Gasteiger partial charge in [0.1, 0.15) is 5.82 Å². The standard InChI is InChI=1S/C17H19BrN4O/c1-11-6-7-13(10-14(11)18)20-17(23)15-8-9-16(22-21-15)19-12-4-2-3-5-12/h6-10,12H,2-5H2,1H3,(H,19,22)(H,20,23). The molecule has 120 valence electrons. The van der Waals surface area contributed by atoms with Crippen LogP contribution >= 0.6 is 15.9 Å². The maximum absolute atomic E-state index is 12.2. The summed E-state index contributed by atoms with van der Waals surface area (Å²) in [4.78, 5) is 12.2. The Morgan fingerprint density at radius 2 is 1.96 bits per heavy atom. The molecule has 1 aliphatic carbocycles. The first kappa shape index (κ1) is 15.9. The lowest BCUT2D eigenvalue weighted by Gasteiger charge is -2.12. The first-order valence-electron chi connectivity index (χ1n) is 7.79. The zero-order valence-corrected chi connectivity index (χ0v) is 14.6. The molecule has 0 unspecified atom stereocenters. The van der Waals surface area contributed by atoms with Crippen LogP contribution in [0.15, 0.2) is 34.8 Å². The number of halogens is 1. The summed E-state index contributed by atoms with van der Waals surface area (Å²) in [6, 6.07) is 9.67. The third-order valence-electron chi connectivity index (χ3n) is 4.03. The van der Waals surface area contributed by atoms with Crippen molar-refractivity contribution >= 4 is 33.3 Å². The van der Waals surface area contributed by atoms with Crippen LogP contribution in [-0.4, -0.2) is 22.1 Å². The molecule has 2 aromatic rings. The Morgan fingerprint density at radius 1 is 1.17 bits per heavy atom. The van der Waals surface area contributed by atoms with Crippen molar-refractivity contribution in [3.05, 3.63) is 46.1 Å². The number of amides is 1. The minimum absolute atomic E-state index is 0.263. The van der Waals surface area contributed by atoms with Gasteiger partial charge >= 0.3 is 0 Å². The Bertz CT molecular complexity index is 696. The summed E-state index contributed by atoms with van der Waals surface area (Å²) >= 11 is 3.46. The van der Waals surface area contributed by atoms with Gasteiger partial charge in [-0.15, -0.1) is 10.2 Å². The van der Waals surface area contributed by atoms with Crippen molar-refractivity contribution in [2.24, 2.45) is 0 Å². The molecule has 5 nitrogen and oxygen atoms in total. The van der Waals surface area contributed by atoms with Gasteiger partial charge in [0, 0.05) is 16.2 Å². The number of rotatable bonds is 4. The third kappa shape index (κ3) is 4.07. The van der Waals surface area contributed by atoms with Crippen LogP contribution < -0.4 is 10.6 Å². The van der Waals surface area contributed by atoms with Crippen molar-refractivity contribution in [3.8, 4) is 0 Å². The maximum atomic E-state index is 12.2. The van der Waals surface area contributed by atoms with Gasteiger partial charge in [-0.3, -0.25) is 4.79 Å². The summed E-state index contributed by atoms with van der Waals surface area (Å²) in [5, 5.41) is 14.3. The lowest BCUT2D eigenvalue weighted by atomic mass is 10.2. The number of nitrogens with zero attached hydrogens (tertiary/aromatic N) is 2. The number of aryl methyl sites for hydroxylation is 1. The Kier molecular flexibility index (Phi) is 4.91. The molecule has 0 atom stereocenters. The average Bonchev–Trinajstić information content (AvgIpc) is 3.04. The maximum Gasteiger partial charge on any atom is 0.276 e. The highest BCUT2D eigenvalue weighted by atomic mass is 79.9. The van der Waals surface area contributed by atoms with E-state index in [1.54, 1.807) is 6.07 Å². The number of carbonyl (C=O) groups is 1. The summed E-state index contributed by atoms with van der Waals surface area (Å²) in [5.41, 5.74) is 2.14. The van der Waals surface area contributed by atoms with Crippen LogP contribution in [0.1, 0.15) is 41.7 Å². The fourth-order valence-electron chi connectivity index (χ4n) is 2.68. The second kappa shape index (κ2) is 7.08. The Morgan fingerprint density at radius 3 is 2.61 bits per heavy atom. The largest absolute Gasteiger partial charge is 0.366 e. The molecule has 0 radical (unpaired) electrons. The van der Waals surface area contributed by atoms with Crippen LogP contribution in [0.4, 0.5) is 11.5 Å². The highest BCUT2D eigenvalue weighted by molar-refractivity contribution is 9.10. The molecule has 1 heterocycles. The molecule has 0 aliphatic heterocycles. The van der Waals surface area contributed by atoms with E-state index < -0.39 is 0 Å². The van der Waals surface area contributed by atoms with Crippen LogP contribution in [0.3, 0.4) is 0 Å². The summed E-state index contributed by atoms with van der Waals surface area (Å²) < 4.78 is 0.956. The molecule has 1 aromatic carbocycles. The van der Waals surface area contributed by atoms with Crippen LogP contribution in [0.5, 0.6) is 0 Å². The Balaban J connectivity index is 1.63. The molecular weight excluding hydrogens is 356 g/mol. The van der Waals surface area contributed by atoms with Crippen LogP contribution in [0.25, 0.3) is 0 Å². The van der Waals surface area contributed by atoms with Crippen molar-refractivity contribution in [1.29, 1.82) is 0 Å². The fraction of sp³-hybridized carbons (Fsp3) is 0.353. The fourth-order valence-corrected chi connectivity index (χ4v) is 3.05.